The van der Waals surface area contributed by atoms with Crippen LogP contribution in [0.5, 0.6) is 5.75 Å². The number of methoxy groups -OCH3 is 1. The van der Waals surface area contributed by atoms with Crippen LogP contribution in [0.4, 0.5) is 5.69 Å². The van der Waals surface area contributed by atoms with E-state index in [1.165, 1.54) is 7.11 Å². The summed E-state index contributed by atoms with van der Waals surface area (Å²) in [5.74, 6) is 0.323. The van der Waals surface area contributed by atoms with Gasteiger partial charge < -0.3 is 25.2 Å². The van der Waals surface area contributed by atoms with Crippen LogP contribution in [0.25, 0.3) is 0 Å². The smallest absolute Gasteiger partial charge is 0.254 e. The van der Waals surface area contributed by atoms with Crippen LogP contribution in [-0.4, -0.2) is 75.5 Å². The molecule has 1 aliphatic heterocycles. The molecule has 1 aromatic rings. The largest absolute Gasteiger partial charge is 0.495 e. The number of likely N-dealkylation sites (N-methyl/N-ethyl adjacent to an activating group) is 2. The highest BCUT2D eigenvalue weighted by Crippen LogP contribution is 2.26. The molecule has 1 saturated heterocycles. The van der Waals surface area contributed by atoms with E-state index in [1.54, 1.807) is 25.2 Å². The minimum Gasteiger partial charge on any atom is -0.495 e. The second-order valence-corrected chi connectivity index (χ2v) is 5.59. The molecule has 2 N–H and O–H groups in total. The summed E-state index contributed by atoms with van der Waals surface area (Å²) in [5.41, 5.74) is 1.06. The van der Waals surface area contributed by atoms with Crippen molar-refractivity contribution in [2.24, 2.45) is 0 Å². The SMILES string of the molecule is CNCC(=O)Nc1cc(C(=O)N2CCN(C)CC2)ccc1OC.Cl.Cl. The van der Waals surface area contributed by atoms with Crippen molar-refractivity contribution in [3.63, 3.8) is 0 Å². The van der Waals surface area contributed by atoms with Crippen LogP contribution in [0.2, 0.25) is 0 Å². The van der Waals surface area contributed by atoms with Gasteiger partial charge in [0.25, 0.3) is 5.91 Å². The molecule has 0 radical (unpaired) electrons. The minimum absolute atomic E-state index is 0. The Hall–Kier alpha value is -1.54. The molecule has 0 unspecified atom stereocenters. The van der Waals surface area contributed by atoms with Crippen LogP contribution in [-0.2, 0) is 4.79 Å². The number of ether oxygens (including phenoxy) is 1. The van der Waals surface area contributed by atoms with Gasteiger partial charge in [-0.15, -0.1) is 24.8 Å². The molecule has 1 fully saturated rings. The molecule has 1 aromatic carbocycles. The molecule has 142 valence electrons. The van der Waals surface area contributed by atoms with E-state index in [1.807, 2.05) is 11.9 Å². The Labute approximate surface area is 160 Å². The van der Waals surface area contributed by atoms with Gasteiger partial charge in [0.15, 0.2) is 0 Å². The van der Waals surface area contributed by atoms with Crippen LogP contribution in [0.15, 0.2) is 18.2 Å². The lowest BCUT2D eigenvalue weighted by Gasteiger charge is -2.32. The average Bonchev–Trinajstić information content (AvgIpc) is 2.55. The van der Waals surface area contributed by atoms with Gasteiger partial charge in [-0.2, -0.15) is 0 Å². The topological polar surface area (TPSA) is 73.9 Å². The van der Waals surface area contributed by atoms with Crippen LogP contribution in [0.1, 0.15) is 10.4 Å². The molecular formula is C16H26Cl2N4O3. The summed E-state index contributed by atoms with van der Waals surface area (Å²) < 4.78 is 5.25. The van der Waals surface area contributed by atoms with Gasteiger partial charge in [0.2, 0.25) is 5.91 Å². The van der Waals surface area contributed by atoms with E-state index in [2.05, 4.69) is 15.5 Å². The van der Waals surface area contributed by atoms with E-state index in [0.717, 1.165) is 13.1 Å². The Balaban J connectivity index is 0.00000288. The lowest BCUT2D eigenvalue weighted by molar-refractivity contribution is -0.115. The first kappa shape index (κ1) is 23.5. The Morgan fingerprint density at radius 2 is 1.80 bits per heavy atom. The molecule has 0 aromatic heterocycles. The number of benzene rings is 1. The molecule has 25 heavy (non-hydrogen) atoms. The maximum absolute atomic E-state index is 12.6. The zero-order valence-corrected chi connectivity index (χ0v) is 16.3. The summed E-state index contributed by atoms with van der Waals surface area (Å²) in [6, 6.07) is 5.11. The van der Waals surface area contributed by atoms with E-state index in [-0.39, 0.29) is 43.2 Å². The highest BCUT2D eigenvalue weighted by atomic mass is 35.5. The molecule has 1 aliphatic rings. The number of hydrogen-bond acceptors (Lipinski definition) is 5. The highest BCUT2D eigenvalue weighted by Gasteiger charge is 2.21. The fraction of sp³-hybridized carbons (Fsp3) is 0.500. The first-order valence-electron chi connectivity index (χ1n) is 7.65. The highest BCUT2D eigenvalue weighted by molar-refractivity contribution is 5.98. The van der Waals surface area contributed by atoms with Gasteiger partial charge in [-0.1, -0.05) is 0 Å². The van der Waals surface area contributed by atoms with Gasteiger partial charge in [0.1, 0.15) is 5.75 Å². The number of piperazine rings is 1. The monoisotopic (exact) mass is 392 g/mol. The predicted molar refractivity (Wildman–Crippen MR) is 103 cm³/mol. The quantitative estimate of drug-likeness (QED) is 0.784. The van der Waals surface area contributed by atoms with E-state index in [9.17, 15) is 9.59 Å². The first-order valence-corrected chi connectivity index (χ1v) is 7.65. The zero-order valence-electron chi connectivity index (χ0n) is 14.7. The Morgan fingerprint density at radius 3 is 2.36 bits per heavy atom. The third kappa shape index (κ3) is 6.36. The number of halogens is 2. The Morgan fingerprint density at radius 1 is 1.16 bits per heavy atom. The molecule has 0 bridgehead atoms. The Bertz CT molecular complexity index is 578. The standard InChI is InChI=1S/C16H24N4O3.2ClH/c1-17-11-15(21)18-13-10-12(4-5-14(13)23-3)16(22)20-8-6-19(2)7-9-20;;/h4-5,10,17H,6-9,11H2,1-3H3,(H,18,21);2*1H. The van der Waals surface area contributed by atoms with E-state index in [4.69, 9.17) is 4.74 Å². The van der Waals surface area contributed by atoms with Gasteiger partial charge in [0, 0.05) is 31.7 Å². The summed E-state index contributed by atoms with van der Waals surface area (Å²) >= 11 is 0. The molecule has 2 amide bonds. The number of rotatable bonds is 5. The van der Waals surface area contributed by atoms with Crippen molar-refractivity contribution < 1.29 is 14.3 Å². The zero-order chi connectivity index (χ0) is 16.8. The van der Waals surface area contributed by atoms with E-state index >= 15 is 0 Å². The van der Waals surface area contributed by atoms with Crippen LogP contribution >= 0.6 is 24.8 Å². The number of carbonyl (C=O) groups is 2. The van der Waals surface area contributed by atoms with E-state index < -0.39 is 0 Å². The fourth-order valence-electron chi connectivity index (χ4n) is 2.49. The fourth-order valence-corrected chi connectivity index (χ4v) is 2.49. The maximum Gasteiger partial charge on any atom is 0.254 e. The lowest BCUT2D eigenvalue weighted by Crippen LogP contribution is -2.47. The number of nitrogens with one attached hydrogen (secondary N) is 2. The number of amides is 2. The summed E-state index contributed by atoms with van der Waals surface area (Å²) in [7, 11) is 5.28. The summed E-state index contributed by atoms with van der Waals surface area (Å²) in [5, 5.41) is 5.55. The van der Waals surface area contributed by atoms with Crippen molar-refractivity contribution in [3.8, 4) is 5.75 Å². The molecule has 2 rings (SSSR count). The van der Waals surface area contributed by atoms with Crippen LogP contribution < -0.4 is 15.4 Å². The molecule has 0 atom stereocenters. The molecule has 7 nitrogen and oxygen atoms in total. The maximum atomic E-state index is 12.6. The van der Waals surface area contributed by atoms with Gasteiger partial charge >= 0.3 is 0 Å². The number of hydrogen-bond donors (Lipinski definition) is 2. The first-order chi connectivity index (χ1) is 11.0. The van der Waals surface area contributed by atoms with Crippen molar-refractivity contribution in [3.05, 3.63) is 23.8 Å². The van der Waals surface area contributed by atoms with Crippen LogP contribution in [0.3, 0.4) is 0 Å². The van der Waals surface area contributed by atoms with E-state index in [0.29, 0.717) is 30.1 Å². The van der Waals surface area contributed by atoms with Crippen molar-refractivity contribution >= 4 is 42.3 Å². The van der Waals surface area contributed by atoms with Crippen molar-refractivity contribution in [1.82, 2.24) is 15.1 Å². The summed E-state index contributed by atoms with van der Waals surface area (Å²) in [6.07, 6.45) is 0. The third-order valence-electron chi connectivity index (χ3n) is 3.85. The van der Waals surface area contributed by atoms with Crippen molar-refractivity contribution in [2.75, 3.05) is 59.2 Å². The second-order valence-electron chi connectivity index (χ2n) is 5.59. The molecule has 0 spiro atoms. The number of carbonyl (C=O) groups excluding carboxylic acids is 2. The van der Waals surface area contributed by atoms with Crippen LogP contribution in [0, 0.1) is 0 Å². The van der Waals surface area contributed by atoms with Gasteiger partial charge in [-0.05, 0) is 32.3 Å². The average molecular weight is 393 g/mol. The molecule has 1 heterocycles. The minimum atomic E-state index is -0.185. The lowest BCUT2D eigenvalue weighted by atomic mass is 10.1. The molecule has 0 saturated carbocycles. The summed E-state index contributed by atoms with van der Waals surface area (Å²) in [4.78, 5) is 28.4. The van der Waals surface area contributed by atoms with Crippen molar-refractivity contribution in [1.29, 1.82) is 0 Å². The third-order valence-corrected chi connectivity index (χ3v) is 3.85. The van der Waals surface area contributed by atoms with Gasteiger partial charge in [0.05, 0.1) is 19.3 Å². The predicted octanol–water partition coefficient (Wildman–Crippen LogP) is 1.08. The summed E-state index contributed by atoms with van der Waals surface area (Å²) in [6.45, 7) is 3.35. The van der Waals surface area contributed by atoms with Gasteiger partial charge in [-0.3, -0.25) is 9.59 Å². The molecular weight excluding hydrogens is 367 g/mol. The van der Waals surface area contributed by atoms with Gasteiger partial charge in [-0.25, -0.2) is 0 Å². The normalized spacial score (nSPS) is 14.1. The van der Waals surface area contributed by atoms with Crippen molar-refractivity contribution in [2.45, 2.75) is 0 Å². The molecule has 9 heteroatoms. The molecule has 0 aliphatic carbocycles. The Kier molecular flexibility index (Phi) is 10.5. The number of anilines is 1. The second kappa shape index (κ2) is 11.1. The number of nitrogens with zero attached hydrogens (tertiary/aromatic N) is 2.